The van der Waals surface area contributed by atoms with Crippen molar-refractivity contribution < 1.29 is 13.9 Å². The summed E-state index contributed by atoms with van der Waals surface area (Å²) in [5.41, 5.74) is 3.61. The van der Waals surface area contributed by atoms with E-state index in [0.717, 1.165) is 0 Å². The second kappa shape index (κ2) is 11.1. The van der Waals surface area contributed by atoms with Crippen LogP contribution in [0.25, 0.3) is 0 Å². The fourth-order valence-electron chi connectivity index (χ4n) is 4.47. The molecule has 0 unspecified atom stereocenters. The fraction of sp³-hybridized carbons (Fsp3) is 0.0303. The van der Waals surface area contributed by atoms with Crippen LogP contribution in [0.15, 0.2) is 140 Å². The van der Waals surface area contributed by atoms with E-state index in [9.17, 15) is 4.57 Å². The van der Waals surface area contributed by atoms with Gasteiger partial charge < -0.3 is 9.30 Å². The van der Waals surface area contributed by atoms with E-state index in [4.69, 9.17) is 4.74 Å². The SMILES string of the molecule is COc1cccc(P(=O)(c2ccccc2)c2ccccc2)c1C#CP(=O)(c1ccccc1)c1ccccc1. The van der Waals surface area contributed by atoms with Crippen LogP contribution in [0.4, 0.5) is 0 Å². The summed E-state index contributed by atoms with van der Waals surface area (Å²) < 4.78 is 35.5. The van der Waals surface area contributed by atoms with Gasteiger partial charge in [-0.15, -0.1) is 0 Å². The lowest BCUT2D eigenvalue weighted by Gasteiger charge is -2.22. The van der Waals surface area contributed by atoms with E-state index in [1.807, 2.05) is 133 Å². The zero-order valence-corrected chi connectivity index (χ0v) is 22.7. The summed E-state index contributed by atoms with van der Waals surface area (Å²) in [4.78, 5) is 0. The summed E-state index contributed by atoms with van der Waals surface area (Å²) >= 11 is 0. The Morgan fingerprint density at radius 3 is 1.37 bits per heavy atom. The lowest BCUT2D eigenvalue weighted by atomic mass is 10.2. The number of rotatable bonds is 6. The van der Waals surface area contributed by atoms with E-state index >= 15 is 4.57 Å². The standard InChI is InChI=1S/C33H26O3P2/c1-36-32-23-14-24-33(38(35,29-19-10-4-11-20-29)30-21-12-5-13-22-30)31(32)25-26-37(34,27-15-6-2-7-16-27)28-17-8-3-9-18-28/h2-24H,1H3. The predicted molar refractivity (Wildman–Crippen MR) is 159 cm³/mol. The van der Waals surface area contributed by atoms with Gasteiger partial charge >= 0.3 is 0 Å². The molecule has 0 aliphatic heterocycles. The third kappa shape index (κ3) is 4.78. The van der Waals surface area contributed by atoms with Crippen LogP contribution in [0.3, 0.4) is 0 Å². The van der Waals surface area contributed by atoms with Crippen molar-refractivity contribution in [2.24, 2.45) is 0 Å². The normalized spacial score (nSPS) is 11.3. The Kier molecular flexibility index (Phi) is 7.48. The molecule has 0 bridgehead atoms. The quantitative estimate of drug-likeness (QED) is 0.210. The van der Waals surface area contributed by atoms with Crippen molar-refractivity contribution in [2.75, 3.05) is 7.11 Å². The van der Waals surface area contributed by atoms with Crippen molar-refractivity contribution in [3.05, 3.63) is 145 Å². The molecule has 0 aromatic heterocycles. The summed E-state index contributed by atoms with van der Waals surface area (Å²) in [5.74, 6) is 3.69. The molecular formula is C33H26O3P2. The Bertz CT molecular complexity index is 1600. The molecule has 0 aliphatic carbocycles. The van der Waals surface area contributed by atoms with E-state index in [2.05, 4.69) is 11.6 Å². The largest absolute Gasteiger partial charge is 0.495 e. The Balaban J connectivity index is 1.79. The molecule has 0 spiro atoms. The van der Waals surface area contributed by atoms with Crippen LogP contribution in [-0.2, 0) is 9.13 Å². The van der Waals surface area contributed by atoms with Crippen LogP contribution in [0, 0.1) is 11.6 Å². The number of benzene rings is 5. The van der Waals surface area contributed by atoms with Crippen LogP contribution >= 0.6 is 14.3 Å². The molecule has 5 heteroatoms. The van der Waals surface area contributed by atoms with Crippen LogP contribution < -0.4 is 31.3 Å². The van der Waals surface area contributed by atoms with E-state index < -0.39 is 14.3 Å². The van der Waals surface area contributed by atoms with Gasteiger partial charge in [0.1, 0.15) is 5.75 Å². The van der Waals surface area contributed by atoms with Gasteiger partial charge in [-0.3, -0.25) is 4.57 Å². The molecule has 0 N–H and O–H groups in total. The molecule has 5 aromatic carbocycles. The highest BCUT2D eigenvalue weighted by atomic mass is 31.2. The molecule has 0 atom stereocenters. The highest BCUT2D eigenvalue weighted by Crippen LogP contribution is 2.46. The molecule has 0 fully saturated rings. The molecule has 0 saturated heterocycles. The number of hydrogen-bond acceptors (Lipinski definition) is 3. The number of ether oxygens (including phenoxy) is 1. The van der Waals surface area contributed by atoms with Gasteiger partial charge in [-0.1, -0.05) is 133 Å². The first-order valence-electron chi connectivity index (χ1n) is 12.2. The van der Waals surface area contributed by atoms with Crippen molar-refractivity contribution in [3.63, 3.8) is 0 Å². The Labute approximate surface area is 223 Å². The third-order valence-corrected chi connectivity index (χ3v) is 12.0. The first-order chi connectivity index (χ1) is 18.6. The first kappa shape index (κ1) is 25.6. The minimum atomic E-state index is -3.35. The van der Waals surface area contributed by atoms with Gasteiger partial charge in [-0.2, -0.15) is 0 Å². The van der Waals surface area contributed by atoms with Gasteiger partial charge in [0.25, 0.3) is 0 Å². The topological polar surface area (TPSA) is 43.4 Å². The molecule has 5 rings (SSSR count). The Morgan fingerprint density at radius 1 is 0.526 bits per heavy atom. The summed E-state index contributed by atoms with van der Waals surface area (Å²) in [6, 6.07) is 42.9. The molecule has 0 radical (unpaired) electrons. The molecule has 186 valence electrons. The number of hydrogen-bond donors (Lipinski definition) is 0. The van der Waals surface area contributed by atoms with Crippen LogP contribution in [0.2, 0.25) is 0 Å². The molecule has 0 heterocycles. The number of methoxy groups -OCH3 is 1. The van der Waals surface area contributed by atoms with Crippen molar-refractivity contribution in [1.82, 2.24) is 0 Å². The van der Waals surface area contributed by atoms with Crippen LogP contribution in [0.5, 0.6) is 5.75 Å². The highest BCUT2D eigenvalue weighted by Gasteiger charge is 2.33. The molecule has 0 aliphatic rings. The van der Waals surface area contributed by atoms with E-state index in [0.29, 0.717) is 37.8 Å². The lowest BCUT2D eigenvalue weighted by molar-refractivity contribution is 0.414. The predicted octanol–water partition coefficient (Wildman–Crippen LogP) is 5.66. The van der Waals surface area contributed by atoms with E-state index in [1.165, 1.54) is 0 Å². The second-order valence-corrected chi connectivity index (χ2v) is 13.9. The second-order valence-electron chi connectivity index (χ2n) is 8.65. The van der Waals surface area contributed by atoms with Crippen LogP contribution in [0.1, 0.15) is 5.56 Å². The highest BCUT2D eigenvalue weighted by molar-refractivity contribution is 7.85. The average molecular weight is 533 g/mol. The minimum Gasteiger partial charge on any atom is -0.495 e. The average Bonchev–Trinajstić information content (AvgIpc) is 3.01. The third-order valence-electron chi connectivity index (χ3n) is 6.38. The van der Waals surface area contributed by atoms with Gasteiger partial charge in [-0.05, 0) is 17.8 Å². The summed E-state index contributed by atoms with van der Waals surface area (Å²) in [7, 11) is -5.13. The van der Waals surface area contributed by atoms with Crippen molar-refractivity contribution in [1.29, 1.82) is 0 Å². The molecule has 0 saturated carbocycles. The first-order valence-corrected chi connectivity index (χ1v) is 15.6. The summed E-state index contributed by atoms with van der Waals surface area (Å²) in [5, 5.41) is 3.22. The summed E-state index contributed by atoms with van der Waals surface area (Å²) in [6.45, 7) is 0. The maximum absolute atomic E-state index is 15.2. The molecule has 3 nitrogen and oxygen atoms in total. The fourth-order valence-corrected chi connectivity index (χ4v) is 9.29. The van der Waals surface area contributed by atoms with E-state index in [-0.39, 0.29) is 0 Å². The molecular weight excluding hydrogens is 506 g/mol. The molecule has 5 aromatic rings. The van der Waals surface area contributed by atoms with Crippen molar-refractivity contribution >= 4 is 40.8 Å². The van der Waals surface area contributed by atoms with Crippen molar-refractivity contribution in [2.45, 2.75) is 0 Å². The summed E-state index contributed by atoms with van der Waals surface area (Å²) in [6.07, 6.45) is 0. The molecule has 0 amide bonds. The maximum atomic E-state index is 15.2. The van der Waals surface area contributed by atoms with Gasteiger partial charge in [0, 0.05) is 26.5 Å². The zero-order valence-electron chi connectivity index (χ0n) is 20.9. The Morgan fingerprint density at radius 2 is 0.947 bits per heavy atom. The van der Waals surface area contributed by atoms with E-state index in [1.54, 1.807) is 13.2 Å². The lowest BCUT2D eigenvalue weighted by Crippen LogP contribution is -2.27. The smallest absolute Gasteiger partial charge is 0.211 e. The molecule has 38 heavy (non-hydrogen) atoms. The van der Waals surface area contributed by atoms with Gasteiger partial charge in [0.15, 0.2) is 7.14 Å². The minimum absolute atomic E-state index is 0.470. The maximum Gasteiger partial charge on any atom is 0.211 e. The van der Waals surface area contributed by atoms with Gasteiger partial charge in [0.05, 0.1) is 12.7 Å². The monoisotopic (exact) mass is 532 g/mol. The van der Waals surface area contributed by atoms with Crippen LogP contribution in [-0.4, -0.2) is 7.11 Å². The van der Waals surface area contributed by atoms with Crippen molar-refractivity contribution in [3.8, 4) is 17.3 Å². The van der Waals surface area contributed by atoms with Gasteiger partial charge in [0.2, 0.25) is 7.14 Å². The zero-order chi connectivity index (χ0) is 26.4. The van der Waals surface area contributed by atoms with Gasteiger partial charge in [-0.25, -0.2) is 0 Å². The Hall–Kier alpha value is -4.08.